The Kier molecular flexibility index (Phi) is 7.16. The summed E-state index contributed by atoms with van der Waals surface area (Å²) in [5.74, 6) is 0.843. The number of aromatic amines is 2. The van der Waals surface area contributed by atoms with Crippen molar-refractivity contribution in [3.63, 3.8) is 0 Å². The molecule has 0 bridgehead atoms. The Balaban J connectivity index is 0.000000217. The number of nitrogens with zero attached hydrogens (tertiary/aromatic N) is 7. The molecule has 1 fully saturated rings. The molecule has 1 aliphatic rings. The first-order valence-corrected chi connectivity index (χ1v) is 10.7. The second-order valence-corrected chi connectivity index (χ2v) is 7.69. The molecule has 0 radical (unpaired) electrons. The fourth-order valence-electron chi connectivity index (χ4n) is 3.72. The van der Waals surface area contributed by atoms with Crippen LogP contribution in [-0.4, -0.2) is 59.0 Å². The normalized spacial score (nSPS) is 13.9. The van der Waals surface area contributed by atoms with Crippen LogP contribution in [0, 0.1) is 0 Å². The number of imidazole rings is 2. The van der Waals surface area contributed by atoms with Gasteiger partial charge in [0.25, 0.3) is 0 Å². The number of aromatic nitrogens is 8. The Hall–Kier alpha value is -3.50. The predicted octanol–water partition coefficient (Wildman–Crippen LogP) is 3.86. The minimum absolute atomic E-state index is 0. The van der Waals surface area contributed by atoms with Gasteiger partial charge in [-0.2, -0.15) is 9.97 Å². The van der Waals surface area contributed by atoms with Crippen LogP contribution in [-0.2, 0) is 0 Å². The second kappa shape index (κ2) is 10.4. The molecule has 1 saturated heterocycles. The van der Waals surface area contributed by atoms with Gasteiger partial charge in [-0.25, -0.2) is 19.9 Å². The molecular formula is C21H22Cl2N10. The van der Waals surface area contributed by atoms with Crippen LogP contribution in [0.15, 0.2) is 55.5 Å². The highest BCUT2D eigenvalue weighted by Gasteiger charge is 2.23. The van der Waals surface area contributed by atoms with Crippen molar-refractivity contribution < 1.29 is 0 Å². The Morgan fingerprint density at radius 3 is 2.48 bits per heavy atom. The van der Waals surface area contributed by atoms with E-state index in [1.165, 1.54) is 12.0 Å². The number of para-hydroxylation sites is 1. The van der Waals surface area contributed by atoms with Crippen molar-refractivity contribution in [2.75, 3.05) is 23.3 Å². The molecule has 5 heterocycles. The highest BCUT2D eigenvalue weighted by molar-refractivity contribution is 6.28. The summed E-state index contributed by atoms with van der Waals surface area (Å²) in [5, 5.41) is 3.83. The molecule has 33 heavy (non-hydrogen) atoms. The summed E-state index contributed by atoms with van der Waals surface area (Å²) in [5.41, 5.74) is 4.22. The average Bonchev–Trinajstić information content (AvgIpc) is 3.50. The minimum Gasteiger partial charge on any atom is -0.382 e. The quantitative estimate of drug-likeness (QED) is 0.329. The van der Waals surface area contributed by atoms with Crippen LogP contribution in [0.25, 0.3) is 22.3 Å². The molecule has 4 aromatic heterocycles. The van der Waals surface area contributed by atoms with E-state index < -0.39 is 0 Å². The molecule has 0 spiro atoms. The SMILES string of the molecule is Cl.Clc1nc(N2CCC(Nc3ccccc3)CC2)c2[nH]cnc2n1.c1ncc2[nH]cnc2n1. The summed E-state index contributed by atoms with van der Waals surface area (Å²) >= 11 is 6.02. The third-order valence-electron chi connectivity index (χ3n) is 5.28. The van der Waals surface area contributed by atoms with Crippen LogP contribution in [0.4, 0.5) is 11.5 Å². The second-order valence-electron chi connectivity index (χ2n) is 7.35. The van der Waals surface area contributed by atoms with E-state index in [2.05, 4.69) is 74.4 Å². The maximum Gasteiger partial charge on any atom is 0.226 e. The monoisotopic (exact) mass is 484 g/mol. The molecule has 1 aliphatic heterocycles. The van der Waals surface area contributed by atoms with E-state index in [0.29, 0.717) is 17.3 Å². The zero-order valence-electron chi connectivity index (χ0n) is 17.5. The van der Waals surface area contributed by atoms with Gasteiger partial charge in [-0.05, 0) is 36.6 Å². The van der Waals surface area contributed by atoms with Gasteiger partial charge in [-0.1, -0.05) is 18.2 Å². The lowest BCUT2D eigenvalue weighted by Crippen LogP contribution is -2.39. The van der Waals surface area contributed by atoms with Crippen LogP contribution in [0.5, 0.6) is 0 Å². The van der Waals surface area contributed by atoms with Gasteiger partial charge in [0.1, 0.15) is 17.4 Å². The summed E-state index contributed by atoms with van der Waals surface area (Å²) in [6.45, 7) is 1.85. The summed E-state index contributed by atoms with van der Waals surface area (Å²) < 4.78 is 0. The summed E-state index contributed by atoms with van der Waals surface area (Å²) in [6, 6.07) is 10.8. The van der Waals surface area contributed by atoms with Crippen molar-refractivity contribution in [3.05, 3.63) is 60.8 Å². The fourth-order valence-corrected chi connectivity index (χ4v) is 3.88. The van der Waals surface area contributed by atoms with E-state index in [-0.39, 0.29) is 17.7 Å². The predicted molar refractivity (Wildman–Crippen MR) is 131 cm³/mol. The Labute approximate surface area is 200 Å². The third-order valence-corrected chi connectivity index (χ3v) is 5.45. The summed E-state index contributed by atoms with van der Waals surface area (Å²) in [6.07, 6.45) is 8.49. The van der Waals surface area contributed by atoms with Gasteiger partial charge < -0.3 is 20.2 Å². The van der Waals surface area contributed by atoms with Gasteiger partial charge in [0, 0.05) is 24.8 Å². The summed E-state index contributed by atoms with van der Waals surface area (Å²) in [4.78, 5) is 32.6. The van der Waals surface area contributed by atoms with Crippen molar-refractivity contribution in [1.82, 2.24) is 39.9 Å². The van der Waals surface area contributed by atoms with E-state index >= 15 is 0 Å². The van der Waals surface area contributed by atoms with Gasteiger partial charge in [0.05, 0.1) is 18.9 Å². The number of anilines is 2. The molecule has 5 aromatic rings. The lowest BCUT2D eigenvalue weighted by molar-refractivity contribution is 0.524. The lowest BCUT2D eigenvalue weighted by Gasteiger charge is -2.33. The maximum absolute atomic E-state index is 6.02. The van der Waals surface area contributed by atoms with Crippen molar-refractivity contribution in [2.24, 2.45) is 0 Å². The van der Waals surface area contributed by atoms with E-state index in [1.54, 1.807) is 18.9 Å². The molecule has 6 rings (SSSR count). The first-order chi connectivity index (χ1) is 15.8. The molecule has 12 heteroatoms. The maximum atomic E-state index is 6.02. The van der Waals surface area contributed by atoms with Gasteiger partial charge >= 0.3 is 0 Å². The van der Waals surface area contributed by atoms with Crippen LogP contribution in [0.3, 0.4) is 0 Å². The van der Waals surface area contributed by atoms with Gasteiger partial charge in [-0.15, -0.1) is 12.4 Å². The molecule has 3 N–H and O–H groups in total. The van der Waals surface area contributed by atoms with Crippen molar-refractivity contribution >= 4 is 57.8 Å². The third kappa shape index (κ3) is 5.29. The van der Waals surface area contributed by atoms with Crippen molar-refractivity contribution in [1.29, 1.82) is 0 Å². The van der Waals surface area contributed by atoms with Crippen molar-refractivity contribution in [2.45, 2.75) is 18.9 Å². The lowest BCUT2D eigenvalue weighted by atomic mass is 10.0. The van der Waals surface area contributed by atoms with Crippen LogP contribution >= 0.6 is 24.0 Å². The first kappa shape index (κ1) is 22.7. The molecule has 1 aromatic carbocycles. The van der Waals surface area contributed by atoms with Gasteiger partial charge in [0.15, 0.2) is 17.1 Å². The highest BCUT2D eigenvalue weighted by Crippen LogP contribution is 2.26. The Morgan fingerprint density at radius 1 is 0.939 bits per heavy atom. The minimum atomic E-state index is 0. The van der Waals surface area contributed by atoms with Crippen LogP contribution < -0.4 is 10.2 Å². The topological polar surface area (TPSA) is 124 Å². The zero-order valence-corrected chi connectivity index (χ0v) is 19.1. The number of fused-ring (bicyclic) bond motifs is 2. The average molecular weight is 485 g/mol. The van der Waals surface area contributed by atoms with Crippen LogP contribution in [0.2, 0.25) is 5.28 Å². The molecule has 0 saturated carbocycles. The molecule has 0 unspecified atom stereocenters. The number of rotatable bonds is 3. The number of halogens is 2. The number of H-pyrrole nitrogens is 2. The number of benzene rings is 1. The summed E-state index contributed by atoms with van der Waals surface area (Å²) in [7, 11) is 0. The van der Waals surface area contributed by atoms with Gasteiger partial charge in [0.2, 0.25) is 5.28 Å². The van der Waals surface area contributed by atoms with E-state index in [4.69, 9.17) is 11.6 Å². The first-order valence-electron chi connectivity index (χ1n) is 10.3. The molecule has 0 atom stereocenters. The standard InChI is InChI=1S/C16H17ClN6.C5H4N4.ClH/c17-16-21-14-13(18-10-19-14)15(22-16)23-8-6-12(7-9-23)20-11-4-2-1-3-5-11;1-4-5(8-2-6-1)9-3-7-4;/h1-5,10,12,20H,6-9H2,(H,18,19,21,22);1-3H,(H,6,7,8,9);1H. The largest absolute Gasteiger partial charge is 0.382 e. The van der Waals surface area contributed by atoms with Crippen LogP contribution in [0.1, 0.15) is 12.8 Å². The number of hydrogen-bond donors (Lipinski definition) is 3. The Bertz CT molecular complexity index is 1270. The Morgan fingerprint density at radius 2 is 1.70 bits per heavy atom. The van der Waals surface area contributed by atoms with E-state index in [0.717, 1.165) is 42.8 Å². The molecule has 170 valence electrons. The van der Waals surface area contributed by atoms with Gasteiger partial charge in [-0.3, -0.25) is 0 Å². The van der Waals surface area contributed by atoms with E-state index in [9.17, 15) is 0 Å². The molecular weight excluding hydrogens is 463 g/mol. The number of piperidine rings is 1. The van der Waals surface area contributed by atoms with E-state index in [1.807, 2.05) is 6.07 Å². The molecule has 0 amide bonds. The zero-order chi connectivity index (χ0) is 21.8. The smallest absolute Gasteiger partial charge is 0.226 e. The fraction of sp³-hybridized carbons (Fsp3) is 0.238. The highest BCUT2D eigenvalue weighted by atomic mass is 35.5. The molecule has 0 aliphatic carbocycles. The molecule has 10 nitrogen and oxygen atoms in total. The number of nitrogens with one attached hydrogen (secondary N) is 3. The van der Waals surface area contributed by atoms with Crippen molar-refractivity contribution in [3.8, 4) is 0 Å². The number of hydrogen-bond acceptors (Lipinski definition) is 8.